The largest absolute Gasteiger partial charge is 0.497 e. The van der Waals surface area contributed by atoms with Crippen molar-refractivity contribution in [2.24, 2.45) is 5.84 Å². The zero-order chi connectivity index (χ0) is 13.0. The fourth-order valence-electron chi connectivity index (χ4n) is 1.56. The van der Waals surface area contributed by atoms with Gasteiger partial charge in [-0.3, -0.25) is 0 Å². The highest BCUT2D eigenvalue weighted by molar-refractivity contribution is 5.68. The molecule has 3 N–H and O–H groups in total. The van der Waals surface area contributed by atoms with Gasteiger partial charge in [-0.1, -0.05) is 0 Å². The summed E-state index contributed by atoms with van der Waals surface area (Å²) in [6.07, 6.45) is 0. The number of hydrogen-bond donors (Lipinski definition) is 2. The van der Waals surface area contributed by atoms with Crippen molar-refractivity contribution in [1.82, 2.24) is 10.2 Å². The molecule has 0 bridgehead atoms. The summed E-state index contributed by atoms with van der Waals surface area (Å²) in [6, 6.07) is 9.07. The molecule has 2 aromatic rings. The third kappa shape index (κ3) is 2.33. The smallest absolute Gasteiger partial charge is 0.162 e. The van der Waals surface area contributed by atoms with E-state index in [0.29, 0.717) is 17.3 Å². The van der Waals surface area contributed by atoms with Crippen LogP contribution in [0.15, 0.2) is 30.3 Å². The molecule has 0 saturated carbocycles. The van der Waals surface area contributed by atoms with Crippen molar-refractivity contribution in [3.8, 4) is 22.8 Å². The lowest BCUT2D eigenvalue weighted by Gasteiger charge is -2.09. The van der Waals surface area contributed by atoms with Gasteiger partial charge in [-0.25, -0.2) is 5.84 Å². The molecule has 0 amide bonds. The van der Waals surface area contributed by atoms with Crippen LogP contribution in [0.3, 0.4) is 0 Å². The average Bonchev–Trinajstić information content (AvgIpc) is 2.46. The zero-order valence-electron chi connectivity index (χ0n) is 10.2. The van der Waals surface area contributed by atoms with E-state index in [-0.39, 0.29) is 0 Å². The number of hydrazine groups is 1. The highest BCUT2D eigenvalue weighted by Gasteiger charge is 2.09. The molecule has 0 fully saturated rings. The number of benzene rings is 1. The monoisotopic (exact) mass is 246 g/mol. The summed E-state index contributed by atoms with van der Waals surface area (Å²) in [5.74, 6) is 7.15. The second-order valence-corrected chi connectivity index (χ2v) is 3.51. The number of aromatic nitrogens is 2. The highest BCUT2D eigenvalue weighted by atomic mass is 16.5. The van der Waals surface area contributed by atoms with E-state index in [2.05, 4.69) is 15.6 Å². The quantitative estimate of drug-likeness (QED) is 0.627. The molecule has 0 spiro atoms. The summed E-state index contributed by atoms with van der Waals surface area (Å²) < 4.78 is 10.5. The second kappa shape index (κ2) is 5.33. The highest BCUT2D eigenvalue weighted by Crippen LogP contribution is 2.31. The molecule has 1 heterocycles. The Morgan fingerprint density at radius 2 is 1.89 bits per heavy atom. The lowest BCUT2D eigenvalue weighted by Crippen LogP contribution is -2.09. The molecule has 94 valence electrons. The Bertz CT molecular complexity index is 528. The minimum absolute atomic E-state index is 0.506. The number of nitrogens with one attached hydrogen (secondary N) is 1. The SMILES string of the molecule is COc1ccc(-c2ccc(NN)nn2)c(OC)c1. The van der Waals surface area contributed by atoms with Crippen molar-refractivity contribution in [2.45, 2.75) is 0 Å². The van der Waals surface area contributed by atoms with Crippen LogP contribution in [0.5, 0.6) is 11.5 Å². The van der Waals surface area contributed by atoms with Crippen molar-refractivity contribution in [3.05, 3.63) is 30.3 Å². The molecule has 18 heavy (non-hydrogen) atoms. The van der Waals surface area contributed by atoms with E-state index in [1.807, 2.05) is 18.2 Å². The van der Waals surface area contributed by atoms with E-state index in [0.717, 1.165) is 11.3 Å². The van der Waals surface area contributed by atoms with E-state index >= 15 is 0 Å². The van der Waals surface area contributed by atoms with E-state index < -0.39 is 0 Å². The number of nitrogens with zero attached hydrogens (tertiary/aromatic N) is 2. The summed E-state index contributed by atoms with van der Waals surface area (Å²) in [7, 11) is 3.21. The van der Waals surface area contributed by atoms with Gasteiger partial charge in [-0.15, -0.1) is 10.2 Å². The van der Waals surface area contributed by atoms with Crippen molar-refractivity contribution in [3.63, 3.8) is 0 Å². The minimum atomic E-state index is 0.506. The number of ether oxygens (including phenoxy) is 2. The first-order valence-corrected chi connectivity index (χ1v) is 5.31. The normalized spacial score (nSPS) is 9.94. The summed E-state index contributed by atoms with van der Waals surface area (Å²) in [5.41, 5.74) is 3.97. The van der Waals surface area contributed by atoms with Gasteiger partial charge in [0.1, 0.15) is 11.5 Å². The van der Waals surface area contributed by atoms with Crippen LogP contribution in [0.2, 0.25) is 0 Å². The van der Waals surface area contributed by atoms with Crippen LogP contribution in [-0.2, 0) is 0 Å². The van der Waals surface area contributed by atoms with Gasteiger partial charge in [-0.05, 0) is 24.3 Å². The summed E-state index contributed by atoms with van der Waals surface area (Å²) >= 11 is 0. The lowest BCUT2D eigenvalue weighted by atomic mass is 10.1. The van der Waals surface area contributed by atoms with Crippen molar-refractivity contribution < 1.29 is 9.47 Å². The van der Waals surface area contributed by atoms with Gasteiger partial charge in [0.15, 0.2) is 5.82 Å². The number of hydrogen-bond acceptors (Lipinski definition) is 6. The van der Waals surface area contributed by atoms with Gasteiger partial charge in [0.25, 0.3) is 0 Å². The number of nitrogens with two attached hydrogens (primary N) is 1. The van der Waals surface area contributed by atoms with Gasteiger partial charge in [0.05, 0.1) is 19.9 Å². The molecule has 0 radical (unpaired) electrons. The number of nitrogen functional groups attached to an aromatic ring is 1. The third-order valence-corrected chi connectivity index (χ3v) is 2.50. The number of anilines is 1. The topological polar surface area (TPSA) is 82.3 Å². The Morgan fingerprint density at radius 1 is 1.06 bits per heavy atom. The van der Waals surface area contributed by atoms with Crippen molar-refractivity contribution in [1.29, 1.82) is 0 Å². The summed E-state index contributed by atoms with van der Waals surface area (Å²) in [4.78, 5) is 0. The number of methoxy groups -OCH3 is 2. The maximum Gasteiger partial charge on any atom is 0.162 e. The minimum Gasteiger partial charge on any atom is -0.497 e. The van der Waals surface area contributed by atoms with Gasteiger partial charge < -0.3 is 14.9 Å². The first-order valence-electron chi connectivity index (χ1n) is 5.31. The molecule has 0 atom stereocenters. The number of rotatable bonds is 4. The molecular weight excluding hydrogens is 232 g/mol. The molecule has 2 rings (SSSR count). The predicted octanol–water partition coefficient (Wildman–Crippen LogP) is 1.45. The molecule has 6 heteroatoms. The van der Waals surface area contributed by atoms with Crippen LogP contribution >= 0.6 is 0 Å². The molecular formula is C12H14N4O2. The maximum absolute atomic E-state index is 5.31. The lowest BCUT2D eigenvalue weighted by molar-refractivity contribution is 0.395. The fourth-order valence-corrected chi connectivity index (χ4v) is 1.56. The van der Waals surface area contributed by atoms with Gasteiger partial charge in [-0.2, -0.15) is 0 Å². The first-order chi connectivity index (χ1) is 8.78. The molecule has 6 nitrogen and oxygen atoms in total. The Kier molecular flexibility index (Phi) is 3.59. The Labute approximate surface area is 105 Å². The fraction of sp³-hybridized carbons (Fsp3) is 0.167. The van der Waals surface area contributed by atoms with Gasteiger partial charge in [0.2, 0.25) is 0 Å². The molecule has 0 unspecified atom stereocenters. The maximum atomic E-state index is 5.31. The Balaban J connectivity index is 2.42. The van der Waals surface area contributed by atoms with Crippen LogP contribution in [-0.4, -0.2) is 24.4 Å². The predicted molar refractivity (Wildman–Crippen MR) is 68.4 cm³/mol. The van der Waals surface area contributed by atoms with Crippen LogP contribution in [0.4, 0.5) is 5.82 Å². The summed E-state index contributed by atoms with van der Waals surface area (Å²) in [6.45, 7) is 0. The molecule has 1 aromatic heterocycles. The molecule has 0 aliphatic heterocycles. The second-order valence-electron chi connectivity index (χ2n) is 3.51. The van der Waals surface area contributed by atoms with Crippen LogP contribution in [0.25, 0.3) is 11.3 Å². The zero-order valence-corrected chi connectivity index (χ0v) is 10.2. The van der Waals surface area contributed by atoms with Gasteiger partial charge in [0, 0.05) is 11.6 Å². The molecule has 1 aromatic carbocycles. The Morgan fingerprint density at radius 3 is 2.44 bits per heavy atom. The van der Waals surface area contributed by atoms with Crippen LogP contribution in [0, 0.1) is 0 Å². The Hall–Kier alpha value is -2.34. The molecule has 0 saturated heterocycles. The van der Waals surface area contributed by atoms with E-state index in [4.69, 9.17) is 15.3 Å². The molecule has 0 aliphatic carbocycles. The van der Waals surface area contributed by atoms with E-state index in [1.165, 1.54) is 0 Å². The average molecular weight is 246 g/mol. The van der Waals surface area contributed by atoms with Crippen molar-refractivity contribution in [2.75, 3.05) is 19.6 Å². The van der Waals surface area contributed by atoms with E-state index in [1.54, 1.807) is 26.4 Å². The first kappa shape index (κ1) is 12.1. The van der Waals surface area contributed by atoms with E-state index in [9.17, 15) is 0 Å². The van der Waals surface area contributed by atoms with Crippen molar-refractivity contribution >= 4 is 5.82 Å². The standard InChI is InChI=1S/C12H14N4O2/c1-17-8-3-4-9(11(7-8)18-2)10-5-6-12(14-13)16-15-10/h3-7H,13H2,1-2H3,(H,14,16). The molecule has 0 aliphatic rings. The van der Waals surface area contributed by atoms with Crippen LogP contribution < -0.4 is 20.7 Å². The third-order valence-electron chi connectivity index (χ3n) is 2.50. The van der Waals surface area contributed by atoms with Crippen LogP contribution in [0.1, 0.15) is 0 Å². The van der Waals surface area contributed by atoms with Gasteiger partial charge >= 0.3 is 0 Å². The summed E-state index contributed by atoms with van der Waals surface area (Å²) in [5, 5.41) is 7.99.